The van der Waals surface area contributed by atoms with E-state index in [2.05, 4.69) is 32.2 Å². The van der Waals surface area contributed by atoms with Crippen LogP contribution < -0.4 is 10.1 Å². The maximum absolute atomic E-state index is 6.32. The summed E-state index contributed by atoms with van der Waals surface area (Å²) in [7, 11) is 1.75. The van der Waals surface area contributed by atoms with E-state index >= 15 is 0 Å². The molecule has 1 fully saturated rings. The van der Waals surface area contributed by atoms with Crippen molar-refractivity contribution in [2.45, 2.75) is 51.5 Å². The summed E-state index contributed by atoms with van der Waals surface area (Å²) in [6.07, 6.45) is 3.67. The third-order valence-corrected chi connectivity index (χ3v) is 4.00. The van der Waals surface area contributed by atoms with Gasteiger partial charge < -0.3 is 10.1 Å². The van der Waals surface area contributed by atoms with Gasteiger partial charge in [0, 0.05) is 22.2 Å². The van der Waals surface area contributed by atoms with Crippen LogP contribution >= 0.6 is 11.6 Å². The Kier molecular flexibility index (Phi) is 4.42. The molecule has 0 aromatic heterocycles. The smallest absolute Gasteiger partial charge is 0.127 e. The molecule has 1 aliphatic heterocycles. The van der Waals surface area contributed by atoms with Gasteiger partial charge in [0.2, 0.25) is 0 Å². The summed E-state index contributed by atoms with van der Waals surface area (Å²) in [6, 6.07) is 4.45. The van der Waals surface area contributed by atoms with Crippen molar-refractivity contribution in [3.05, 3.63) is 28.3 Å². The lowest BCUT2D eigenvalue weighted by molar-refractivity contribution is 0.364. The SMILES string of the molecule is COc1c(C2CCCCN2)cc(Cl)cc1C(C)(C)C. The monoisotopic (exact) mass is 281 g/mol. The van der Waals surface area contributed by atoms with E-state index in [1.165, 1.54) is 24.0 Å². The van der Waals surface area contributed by atoms with E-state index in [1.807, 2.05) is 6.07 Å². The van der Waals surface area contributed by atoms with Crippen molar-refractivity contribution in [1.82, 2.24) is 5.32 Å². The molecule has 1 N–H and O–H groups in total. The van der Waals surface area contributed by atoms with Crippen molar-refractivity contribution in [2.75, 3.05) is 13.7 Å². The quantitative estimate of drug-likeness (QED) is 0.864. The normalized spacial score (nSPS) is 20.4. The number of halogens is 1. The zero-order valence-electron chi connectivity index (χ0n) is 12.3. The summed E-state index contributed by atoms with van der Waals surface area (Å²) >= 11 is 6.32. The fourth-order valence-electron chi connectivity index (χ4n) is 2.78. The van der Waals surface area contributed by atoms with Crippen LogP contribution in [0.15, 0.2) is 12.1 Å². The van der Waals surface area contributed by atoms with Crippen LogP contribution in [-0.2, 0) is 5.41 Å². The molecule has 0 saturated carbocycles. The lowest BCUT2D eigenvalue weighted by Crippen LogP contribution is -2.28. The van der Waals surface area contributed by atoms with Crippen LogP contribution in [0.5, 0.6) is 5.75 Å². The molecule has 0 radical (unpaired) electrons. The number of ether oxygens (including phenoxy) is 1. The molecule has 1 unspecified atom stereocenters. The van der Waals surface area contributed by atoms with Crippen LogP contribution in [-0.4, -0.2) is 13.7 Å². The first-order chi connectivity index (χ1) is 8.93. The van der Waals surface area contributed by atoms with Crippen LogP contribution in [0.4, 0.5) is 0 Å². The molecule has 106 valence electrons. The van der Waals surface area contributed by atoms with E-state index in [9.17, 15) is 0 Å². The highest BCUT2D eigenvalue weighted by molar-refractivity contribution is 6.30. The number of rotatable bonds is 2. The standard InChI is InChI=1S/C16H24ClNO/c1-16(2,3)13-10-11(17)9-12(15(13)19-4)14-7-5-6-8-18-14/h9-10,14,18H,5-8H2,1-4H3. The first-order valence-electron chi connectivity index (χ1n) is 7.05. The van der Waals surface area contributed by atoms with Gasteiger partial charge in [-0.2, -0.15) is 0 Å². The van der Waals surface area contributed by atoms with E-state index in [0.717, 1.165) is 23.7 Å². The number of benzene rings is 1. The summed E-state index contributed by atoms with van der Waals surface area (Å²) in [4.78, 5) is 0. The van der Waals surface area contributed by atoms with Crippen LogP contribution in [0.1, 0.15) is 57.2 Å². The van der Waals surface area contributed by atoms with E-state index in [0.29, 0.717) is 6.04 Å². The number of piperidine rings is 1. The van der Waals surface area contributed by atoms with Gasteiger partial charge in [-0.3, -0.25) is 0 Å². The maximum Gasteiger partial charge on any atom is 0.127 e. The van der Waals surface area contributed by atoms with Crippen LogP contribution in [0.25, 0.3) is 0 Å². The van der Waals surface area contributed by atoms with Crippen molar-refractivity contribution >= 4 is 11.6 Å². The van der Waals surface area contributed by atoms with Gasteiger partial charge in [0.25, 0.3) is 0 Å². The van der Waals surface area contributed by atoms with Crippen molar-refractivity contribution in [1.29, 1.82) is 0 Å². The van der Waals surface area contributed by atoms with Crippen LogP contribution in [0.3, 0.4) is 0 Å². The summed E-state index contributed by atoms with van der Waals surface area (Å²) in [5.41, 5.74) is 2.42. The second-order valence-electron chi connectivity index (χ2n) is 6.33. The molecule has 1 atom stereocenters. The molecule has 0 aliphatic carbocycles. The minimum absolute atomic E-state index is 0.0274. The largest absolute Gasteiger partial charge is 0.496 e. The Hall–Kier alpha value is -0.730. The Balaban J connectivity index is 2.50. The second-order valence-corrected chi connectivity index (χ2v) is 6.76. The highest BCUT2D eigenvalue weighted by Crippen LogP contribution is 2.40. The minimum Gasteiger partial charge on any atom is -0.496 e. The van der Waals surface area contributed by atoms with Gasteiger partial charge in [-0.25, -0.2) is 0 Å². The summed E-state index contributed by atoms with van der Waals surface area (Å²) in [5, 5.41) is 4.38. The summed E-state index contributed by atoms with van der Waals surface area (Å²) in [6.45, 7) is 7.66. The van der Waals surface area contributed by atoms with Crippen molar-refractivity contribution in [3.8, 4) is 5.75 Å². The van der Waals surface area contributed by atoms with E-state index in [1.54, 1.807) is 7.11 Å². The zero-order chi connectivity index (χ0) is 14.0. The maximum atomic E-state index is 6.32. The molecule has 2 nitrogen and oxygen atoms in total. The molecule has 0 spiro atoms. The second kappa shape index (κ2) is 5.72. The fraction of sp³-hybridized carbons (Fsp3) is 0.625. The number of nitrogens with one attached hydrogen (secondary N) is 1. The van der Waals surface area contributed by atoms with Gasteiger partial charge in [0.15, 0.2) is 0 Å². The summed E-state index contributed by atoms with van der Waals surface area (Å²) < 4.78 is 5.71. The summed E-state index contributed by atoms with van der Waals surface area (Å²) in [5.74, 6) is 0.997. The third-order valence-electron chi connectivity index (χ3n) is 3.78. The van der Waals surface area contributed by atoms with Crippen molar-refractivity contribution in [2.24, 2.45) is 0 Å². The Labute approximate surface area is 121 Å². The highest BCUT2D eigenvalue weighted by atomic mass is 35.5. The molecule has 19 heavy (non-hydrogen) atoms. The number of methoxy groups -OCH3 is 1. The van der Waals surface area contributed by atoms with Crippen LogP contribution in [0.2, 0.25) is 5.02 Å². The fourth-order valence-corrected chi connectivity index (χ4v) is 3.00. The van der Waals surface area contributed by atoms with Gasteiger partial charge in [-0.15, -0.1) is 0 Å². The van der Waals surface area contributed by atoms with E-state index < -0.39 is 0 Å². The van der Waals surface area contributed by atoms with Crippen LogP contribution in [0, 0.1) is 0 Å². The predicted molar refractivity (Wildman–Crippen MR) is 81.3 cm³/mol. The average Bonchev–Trinajstić information content (AvgIpc) is 2.37. The van der Waals surface area contributed by atoms with Gasteiger partial charge in [-0.1, -0.05) is 38.8 Å². The molecular formula is C16H24ClNO. The number of hydrogen-bond acceptors (Lipinski definition) is 2. The molecule has 3 heteroatoms. The van der Waals surface area contributed by atoms with Crippen molar-refractivity contribution in [3.63, 3.8) is 0 Å². The van der Waals surface area contributed by atoms with Gasteiger partial charge in [0.1, 0.15) is 5.75 Å². The zero-order valence-corrected chi connectivity index (χ0v) is 13.1. The molecule has 0 amide bonds. The molecule has 1 aliphatic rings. The van der Waals surface area contributed by atoms with E-state index in [-0.39, 0.29) is 5.41 Å². The highest BCUT2D eigenvalue weighted by Gasteiger charge is 2.26. The molecule has 2 rings (SSSR count). The topological polar surface area (TPSA) is 21.3 Å². The lowest BCUT2D eigenvalue weighted by atomic mass is 9.83. The Morgan fingerprint density at radius 3 is 2.53 bits per heavy atom. The first kappa shape index (κ1) is 14.7. The molecule has 0 bridgehead atoms. The Morgan fingerprint density at radius 2 is 2.00 bits per heavy atom. The average molecular weight is 282 g/mol. The van der Waals surface area contributed by atoms with Gasteiger partial charge in [0.05, 0.1) is 7.11 Å². The van der Waals surface area contributed by atoms with Crippen molar-refractivity contribution < 1.29 is 4.74 Å². The Bertz CT molecular complexity index is 445. The van der Waals surface area contributed by atoms with Gasteiger partial charge >= 0.3 is 0 Å². The molecular weight excluding hydrogens is 258 g/mol. The minimum atomic E-state index is 0.0274. The van der Waals surface area contributed by atoms with E-state index in [4.69, 9.17) is 16.3 Å². The third kappa shape index (κ3) is 3.24. The molecule has 1 aromatic rings. The number of hydrogen-bond donors (Lipinski definition) is 1. The van der Waals surface area contributed by atoms with Gasteiger partial charge in [-0.05, 0) is 36.9 Å². The molecule has 1 aromatic carbocycles. The lowest BCUT2D eigenvalue weighted by Gasteiger charge is -2.29. The molecule has 1 heterocycles. The predicted octanol–water partition coefficient (Wildman–Crippen LogP) is 4.46. The molecule has 1 saturated heterocycles. The Morgan fingerprint density at radius 1 is 1.26 bits per heavy atom. The first-order valence-corrected chi connectivity index (χ1v) is 7.42.